The molecule has 1 heterocycles. The van der Waals surface area contributed by atoms with Gasteiger partial charge in [-0.25, -0.2) is 4.79 Å². The Bertz CT molecular complexity index is 659. The van der Waals surface area contributed by atoms with Crippen molar-refractivity contribution in [1.82, 2.24) is 0 Å². The van der Waals surface area contributed by atoms with Crippen molar-refractivity contribution in [2.45, 2.75) is 13.0 Å². The summed E-state index contributed by atoms with van der Waals surface area (Å²) in [5.74, 6) is -0.351. The van der Waals surface area contributed by atoms with E-state index >= 15 is 0 Å². The van der Waals surface area contributed by atoms with Crippen LogP contribution in [-0.2, 0) is 4.74 Å². The third-order valence-electron chi connectivity index (χ3n) is 2.90. The van der Waals surface area contributed by atoms with E-state index in [1.807, 2.05) is 0 Å². The summed E-state index contributed by atoms with van der Waals surface area (Å²) in [5.41, 5.74) is 3.14. The molecule has 11 nitrogen and oxygen atoms in total. The molecule has 1 unspecified atom stereocenters. The van der Waals surface area contributed by atoms with Crippen molar-refractivity contribution in [2.75, 3.05) is 13.2 Å². The Morgan fingerprint density at radius 1 is 1.32 bits per heavy atom. The first kappa shape index (κ1) is 15.3. The zero-order valence-electron chi connectivity index (χ0n) is 11.3. The monoisotopic (exact) mass is 313 g/mol. The Morgan fingerprint density at radius 3 is 2.50 bits per heavy atom. The number of nitrogens with zero attached hydrogens (tertiary/aromatic N) is 2. The van der Waals surface area contributed by atoms with E-state index in [0.717, 1.165) is 6.07 Å². The fourth-order valence-electron chi connectivity index (χ4n) is 2.14. The summed E-state index contributed by atoms with van der Waals surface area (Å²) in [6.07, 6.45) is -2.53. The highest BCUT2D eigenvalue weighted by Crippen LogP contribution is 2.48. The Morgan fingerprint density at radius 2 is 1.95 bits per heavy atom. The smallest absolute Gasteiger partial charge is 0.405 e. The molecule has 1 aromatic carbocycles. The van der Waals surface area contributed by atoms with Crippen LogP contribution >= 0.6 is 0 Å². The van der Waals surface area contributed by atoms with Crippen molar-refractivity contribution in [2.24, 2.45) is 5.73 Å². The van der Waals surface area contributed by atoms with Crippen LogP contribution in [0.1, 0.15) is 18.6 Å². The number of fused-ring (bicyclic) bond motifs is 1. The number of carbonyl (C=O) groups is 1. The van der Waals surface area contributed by atoms with Crippen LogP contribution in [0.5, 0.6) is 11.5 Å². The lowest BCUT2D eigenvalue weighted by atomic mass is 10.0. The van der Waals surface area contributed by atoms with Gasteiger partial charge in [-0.15, -0.1) is 0 Å². The number of ether oxygens (including phenoxy) is 3. The molecule has 2 N–H and O–H groups in total. The summed E-state index contributed by atoms with van der Waals surface area (Å²) in [6, 6.07) is 0.998. The van der Waals surface area contributed by atoms with Crippen molar-refractivity contribution in [3.8, 4) is 11.5 Å². The third-order valence-corrected chi connectivity index (χ3v) is 2.90. The number of primary amides is 1. The van der Waals surface area contributed by atoms with Crippen molar-refractivity contribution >= 4 is 17.5 Å². The summed E-state index contributed by atoms with van der Waals surface area (Å²) in [6.45, 7) is 1.39. The van der Waals surface area contributed by atoms with Gasteiger partial charge in [0.05, 0.1) is 15.9 Å². The topological polar surface area (TPSA) is 157 Å². The van der Waals surface area contributed by atoms with Crippen molar-refractivity contribution in [1.29, 1.82) is 0 Å². The molecule has 0 fully saturated rings. The van der Waals surface area contributed by atoms with Gasteiger partial charge in [-0.3, -0.25) is 20.2 Å². The van der Waals surface area contributed by atoms with Crippen LogP contribution in [0.4, 0.5) is 16.2 Å². The second kappa shape index (κ2) is 5.71. The van der Waals surface area contributed by atoms with E-state index < -0.39 is 39.0 Å². The minimum atomic E-state index is -1.31. The average Bonchev–Trinajstić information content (AvgIpc) is 2.43. The standard InChI is InChI=1S/C11H11N3O8/c1-5(22-11(12)15)8-6(13(16)17)4-7-10(9(8)14(18)19)21-3-2-20-7/h4-5H,2-3H2,1H3,(H2,12,15). The van der Waals surface area contributed by atoms with E-state index in [1.165, 1.54) is 6.92 Å². The van der Waals surface area contributed by atoms with E-state index in [0.29, 0.717) is 0 Å². The zero-order valence-corrected chi connectivity index (χ0v) is 11.3. The quantitative estimate of drug-likeness (QED) is 0.645. The number of hydrogen-bond acceptors (Lipinski definition) is 8. The minimum Gasteiger partial charge on any atom is -0.486 e. The Kier molecular flexibility index (Phi) is 3.97. The largest absolute Gasteiger partial charge is 0.486 e. The maximum Gasteiger partial charge on any atom is 0.405 e. The molecule has 11 heteroatoms. The van der Waals surface area contributed by atoms with Gasteiger partial charge in [0.1, 0.15) is 19.3 Å². The number of hydrogen-bond donors (Lipinski definition) is 1. The molecule has 1 atom stereocenters. The lowest BCUT2D eigenvalue weighted by molar-refractivity contribution is -0.397. The summed E-state index contributed by atoms with van der Waals surface area (Å²) < 4.78 is 15.0. The number of amides is 1. The Hall–Kier alpha value is -3.11. The SMILES string of the molecule is CC(OC(N)=O)c1c([N+](=O)[O-])cc2c(c1[N+](=O)[O-])OCCO2. The summed E-state index contributed by atoms with van der Waals surface area (Å²) >= 11 is 0. The van der Waals surface area contributed by atoms with Crippen LogP contribution in [0, 0.1) is 20.2 Å². The van der Waals surface area contributed by atoms with E-state index in [-0.39, 0.29) is 24.7 Å². The fraction of sp³-hybridized carbons (Fsp3) is 0.364. The second-order valence-corrected chi connectivity index (χ2v) is 4.28. The maximum atomic E-state index is 11.3. The molecule has 1 amide bonds. The number of nitro benzene ring substituents is 2. The molecule has 1 aromatic rings. The van der Waals surface area contributed by atoms with Gasteiger partial charge in [-0.1, -0.05) is 0 Å². The predicted molar refractivity (Wildman–Crippen MR) is 69.8 cm³/mol. The highest BCUT2D eigenvalue weighted by atomic mass is 16.6. The van der Waals surface area contributed by atoms with Gasteiger partial charge < -0.3 is 19.9 Å². The Balaban J connectivity index is 2.73. The molecule has 1 aliphatic rings. The van der Waals surface area contributed by atoms with Crippen molar-refractivity contribution < 1.29 is 28.9 Å². The van der Waals surface area contributed by atoms with Gasteiger partial charge in [-0.2, -0.15) is 0 Å². The molecule has 0 spiro atoms. The van der Waals surface area contributed by atoms with Gasteiger partial charge in [0, 0.05) is 0 Å². The molecule has 0 aliphatic carbocycles. The molecule has 1 aliphatic heterocycles. The van der Waals surface area contributed by atoms with Crippen LogP contribution in [0.15, 0.2) is 6.07 Å². The number of rotatable bonds is 4. The Labute approximate surface area is 122 Å². The summed E-state index contributed by atoms with van der Waals surface area (Å²) in [7, 11) is 0. The molecule has 0 bridgehead atoms. The van der Waals surface area contributed by atoms with Crippen LogP contribution in [-0.4, -0.2) is 29.2 Å². The molecule has 0 radical (unpaired) electrons. The van der Waals surface area contributed by atoms with E-state index in [1.54, 1.807) is 0 Å². The molecule has 22 heavy (non-hydrogen) atoms. The number of nitrogens with two attached hydrogens (primary N) is 1. The highest BCUT2D eigenvalue weighted by Gasteiger charge is 2.39. The second-order valence-electron chi connectivity index (χ2n) is 4.28. The van der Waals surface area contributed by atoms with Gasteiger partial charge in [-0.05, 0) is 6.92 Å². The molecule has 2 rings (SSSR count). The lowest BCUT2D eigenvalue weighted by Crippen LogP contribution is -2.20. The third kappa shape index (κ3) is 2.68. The number of benzene rings is 1. The summed E-state index contributed by atoms with van der Waals surface area (Å²) in [5, 5.41) is 22.5. The van der Waals surface area contributed by atoms with Gasteiger partial charge >= 0.3 is 11.8 Å². The van der Waals surface area contributed by atoms with E-state index in [4.69, 9.17) is 15.2 Å². The van der Waals surface area contributed by atoms with Crippen LogP contribution in [0.2, 0.25) is 0 Å². The molecular weight excluding hydrogens is 302 g/mol. The lowest BCUT2D eigenvalue weighted by Gasteiger charge is -2.20. The summed E-state index contributed by atoms with van der Waals surface area (Å²) in [4.78, 5) is 31.7. The van der Waals surface area contributed by atoms with Crippen LogP contribution < -0.4 is 15.2 Å². The first-order valence-corrected chi connectivity index (χ1v) is 6.04. The molecule has 0 aromatic heterocycles. The van der Waals surface area contributed by atoms with Crippen LogP contribution in [0.3, 0.4) is 0 Å². The van der Waals surface area contributed by atoms with Crippen molar-refractivity contribution in [3.63, 3.8) is 0 Å². The predicted octanol–water partition coefficient (Wildman–Crippen LogP) is 1.43. The molecule has 0 saturated heterocycles. The highest BCUT2D eigenvalue weighted by molar-refractivity contribution is 5.71. The zero-order chi connectivity index (χ0) is 16.4. The molecule has 118 valence electrons. The van der Waals surface area contributed by atoms with Crippen LogP contribution in [0.25, 0.3) is 0 Å². The number of carbonyl (C=O) groups excluding carboxylic acids is 1. The normalized spacial score (nSPS) is 14.0. The first-order chi connectivity index (χ1) is 10.3. The first-order valence-electron chi connectivity index (χ1n) is 6.04. The number of nitro groups is 2. The van der Waals surface area contributed by atoms with Gasteiger partial charge in [0.2, 0.25) is 5.75 Å². The maximum absolute atomic E-state index is 11.3. The minimum absolute atomic E-state index is 0.0517. The van der Waals surface area contributed by atoms with E-state index in [9.17, 15) is 25.0 Å². The molecule has 0 saturated carbocycles. The fourth-order valence-corrected chi connectivity index (χ4v) is 2.14. The van der Waals surface area contributed by atoms with E-state index in [2.05, 4.69) is 4.74 Å². The van der Waals surface area contributed by atoms with Gasteiger partial charge in [0.25, 0.3) is 5.69 Å². The van der Waals surface area contributed by atoms with Crippen molar-refractivity contribution in [3.05, 3.63) is 31.9 Å². The molecular formula is C11H11N3O8. The van der Waals surface area contributed by atoms with Gasteiger partial charge in [0.15, 0.2) is 11.3 Å². The average molecular weight is 313 g/mol.